The molecule has 9 heavy (non-hydrogen) atoms. The van der Waals surface area contributed by atoms with E-state index in [0.717, 1.165) is 25.9 Å². The van der Waals surface area contributed by atoms with E-state index in [1.54, 1.807) is 5.06 Å². The van der Waals surface area contributed by atoms with Crippen molar-refractivity contribution in [2.24, 2.45) is 0 Å². The Morgan fingerprint density at radius 1 is 1.22 bits per heavy atom. The topological polar surface area (TPSA) is 12.5 Å². The van der Waals surface area contributed by atoms with E-state index >= 15 is 0 Å². The van der Waals surface area contributed by atoms with E-state index in [4.69, 9.17) is 0 Å². The van der Waals surface area contributed by atoms with Crippen LogP contribution in [0, 0.1) is 0 Å². The van der Waals surface area contributed by atoms with Gasteiger partial charge in [-0.15, -0.1) is 0 Å². The van der Waals surface area contributed by atoms with Gasteiger partial charge in [-0.25, -0.2) is 4.39 Å². The van der Waals surface area contributed by atoms with Crippen LogP contribution in [-0.4, -0.2) is 25.0 Å². The molecule has 1 aliphatic heterocycles. The molecule has 54 valence electrons. The second-order valence-electron chi connectivity index (χ2n) is 2.23. The monoisotopic (exact) mass is 133 g/mol. The minimum Gasteiger partial charge on any atom is -0.265 e. The van der Waals surface area contributed by atoms with Crippen LogP contribution in [0.1, 0.15) is 19.3 Å². The fourth-order valence-corrected chi connectivity index (χ4v) is 1.06. The van der Waals surface area contributed by atoms with Crippen molar-refractivity contribution in [3.8, 4) is 0 Å². The fourth-order valence-electron chi connectivity index (χ4n) is 1.06. The van der Waals surface area contributed by atoms with Crippen LogP contribution in [0.5, 0.6) is 0 Å². The summed E-state index contributed by atoms with van der Waals surface area (Å²) in [6.07, 6.45) is 3.53. The zero-order valence-corrected chi connectivity index (χ0v) is 5.48. The highest BCUT2D eigenvalue weighted by atomic mass is 19.1. The van der Waals surface area contributed by atoms with Gasteiger partial charge in [-0.2, -0.15) is 5.06 Å². The summed E-state index contributed by atoms with van der Waals surface area (Å²) >= 11 is 0. The normalized spacial score (nSPS) is 22.3. The van der Waals surface area contributed by atoms with Crippen molar-refractivity contribution >= 4 is 0 Å². The Balaban J connectivity index is 2.08. The number of hydroxylamine groups is 2. The van der Waals surface area contributed by atoms with Gasteiger partial charge in [0.1, 0.15) is 0 Å². The van der Waals surface area contributed by atoms with E-state index < -0.39 is 6.86 Å². The third-order valence-electron chi connectivity index (χ3n) is 1.55. The van der Waals surface area contributed by atoms with Crippen molar-refractivity contribution < 1.29 is 9.23 Å². The lowest BCUT2D eigenvalue weighted by Crippen LogP contribution is -2.29. The summed E-state index contributed by atoms with van der Waals surface area (Å²) in [4.78, 5) is 4.65. The number of alkyl halides is 1. The maximum atomic E-state index is 11.5. The van der Waals surface area contributed by atoms with Gasteiger partial charge in [-0.3, -0.25) is 4.84 Å². The van der Waals surface area contributed by atoms with Gasteiger partial charge in [0, 0.05) is 13.1 Å². The lowest BCUT2D eigenvalue weighted by molar-refractivity contribution is -0.195. The van der Waals surface area contributed by atoms with E-state index in [1.807, 2.05) is 0 Å². The van der Waals surface area contributed by atoms with Crippen LogP contribution >= 0.6 is 0 Å². The first kappa shape index (κ1) is 6.96. The van der Waals surface area contributed by atoms with Gasteiger partial charge in [0.05, 0.1) is 0 Å². The smallest absolute Gasteiger partial charge is 0.208 e. The number of piperidine rings is 1. The summed E-state index contributed by atoms with van der Waals surface area (Å²) in [5, 5.41) is 1.70. The number of hydrogen-bond donors (Lipinski definition) is 0. The van der Waals surface area contributed by atoms with Crippen molar-refractivity contribution in [1.82, 2.24) is 5.06 Å². The second-order valence-corrected chi connectivity index (χ2v) is 2.23. The van der Waals surface area contributed by atoms with Crippen molar-refractivity contribution in [1.29, 1.82) is 0 Å². The molecule has 0 atom stereocenters. The number of hydrogen-bond acceptors (Lipinski definition) is 2. The molecule has 1 saturated heterocycles. The SMILES string of the molecule is FCON1CCCCC1. The Labute approximate surface area is 54.6 Å². The molecule has 0 unspecified atom stereocenters. The molecule has 0 saturated carbocycles. The Hall–Kier alpha value is -0.150. The zero-order valence-electron chi connectivity index (χ0n) is 5.48. The summed E-state index contributed by atoms with van der Waals surface area (Å²) in [7, 11) is 0. The van der Waals surface area contributed by atoms with E-state index in [9.17, 15) is 4.39 Å². The first-order valence-corrected chi connectivity index (χ1v) is 3.37. The average Bonchev–Trinajstić information content (AvgIpc) is 1.91. The first-order chi connectivity index (χ1) is 4.43. The van der Waals surface area contributed by atoms with Crippen LogP contribution in [0.2, 0.25) is 0 Å². The van der Waals surface area contributed by atoms with Gasteiger partial charge in [-0.1, -0.05) is 6.42 Å². The van der Waals surface area contributed by atoms with Crippen LogP contribution in [0.15, 0.2) is 0 Å². The predicted molar refractivity (Wildman–Crippen MR) is 32.5 cm³/mol. The highest BCUT2D eigenvalue weighted by Crippen LogP contribution is 2.08. The van der Waals surface area contributed by atoms with Crippen LogP contribution in [0.25, 0.3) is 0 Å². The maximum absolute atomic E-state index is 11.5. The van der Waals surface area contributed by atoms with Gasteiger partial charge < -0.3 is 0 Å². The maximum Gasteiger partial charge on any atom is 0.208 e. The molecule has 2 nitrogen and oxygen atoms in total. The van der Waals surface area contributed by atoms with Crippen molar-refractivity contribution in [3.05, 3.63) is 0 Å². The molecule has 0 aliphatic carbocycles. The largest absolute Gasteiger partial charge is 0.265 e. The highest BCUT2D eigenvalue weighted by Gasteiger charge is 2.08. The third kappa shape index (κ3) is 2.28. The molecular formula is C6H12FNO. The molecule has 0 aromatic heterocycles. The minimum atomic E-state index is -0.681. The molecule has 0 spiro atoms. The van der Waals surface area contributed by atoms with E-state index in [1.165, 1.54) is 6.42 Å². The molecule has 1 fully saturated rings. The molecule has 0 N–H and O–H groups in total. The number of halogens is 1. The van der Waals surface area contributed by atoms with Gasteiger partial charge in [0.25, 0.3) is 0 Å². The Morgan fingerprint density at radius 3 is 2.44 bits per heavy atom. The molecule has 0 radical (unpaired) electrons. The third-order valence-corrected chi connectivity index (χ3v) is 1.55. The van der Waals surface area contributed by atoms with Gasteiger partial charge in [0.15, 0.2) is 0 Å². The van der Waals surface area contributed by atoms with Gasteiger partial charge >= 0.3 is 0 Å². The quantitative estimate of drug-likeness (QED) is 0.563. The first-order valence-electron chi connectivity index (χ1n) is 3.37. The summed E-state index contributed by atoms with van der Waals surface area (Å²) in [6.45, 7) is 1.11. The number of nitrogens with zero attached hydrogens (tertiary/aromatic N) is 1. The lowest BCUT2D eigenvalue weighted by atomic mass is 10.2. The summed E-state index contributed by atoms with van der Waals surface area (Å²) in [5.41, 5.74) is 0. The predicted octanol–water partition coefficient (Wildman–Crippen LogP) is 1.33. The van der Waals surface area contributed by atoms with Crippen molar-refractivity contribution in [3.63, 3.8) is 0 Å². The molecular weight excluding hydrogens is 121 g/mol. The second kappa shape index (κ2) is 3.80. The highest BCUT2D eigenvalue weighted by molar-refractivity contribution is 4.55. The van der Waals surface area contributed by atoms with Crippen LogP contribution in [0.4, 0.5) is 4.39 Å². The minimum absolute atomic E-state index is 0.681. The van der Waals surface area contributed by atoms with E-state index in [0.29, 0.717) is 0 Å². The van der Waals surface area contributed by atoms with E-state index in [-0.39, 0.29) is 0 Å². The Morgan fingerprint density at radius 2 is 1.89 bits per heavy atom. The Bertz CT molecular complexity index is 70.7. The molecule has 1 heterocycles. The standard InChI is InChI=1S/C6H12FNO/c7-6-9-8-4-2-1-3-5-8/h1-6H2. The molecule has 0 aromatic carbocycles. The molecule has 1 aliphatic rings. The zero-order chi connectivity index (χ0) is 6.53. The van der Waals surface area contributed by atoms with Gasteiger partial charge in [-0.05, 0) is 12.8 Å². The van der Waals surface area contributed by atoms with Crippen molar-refractivity contribution in [2.75, 3.05) is 20.0 Å². The summed E-state index contributed by atoms with van der Waals surface area (Å²) in [5.74, 6) is 0. The van der Waals surface area contributed by atoms with E-state index in [2.05, 4.69) is 4.84 Å². The average molecular weight is 133 g/mol. The van der Waals surface area contributed by atoms with Crippen LogP contribution in [-0.2, 0) is 4.84 Å². The molecule has 0 aromatic rings. The Kier molecular flexibility index (Phi) is 2.94. The van der Waals surface area contributed by atoms with Crippen molar-refractivity contribution in [2.45, 2.75) is 19.3 Å². The lowest BCUT2D eigenvalue weighted by Gasteiger charge is -2.23. The fraction of sp³-hybridized carbons (Fsp3) is 1.00. The molecule has 0 amide bonds. The number of rotatable bonds is 2. The van der Waals surface area contributed by atoms with Gasteiger partial charge in [0.2, 0.25) is 6.86 Å². The molecule has 0 bridgehead atoms. The van der Waals surface area contributed by atoms with Crippen LogP contribution in [0.3, 0.4) is 0 Å². The molecule has 3 heteroatoms. The summed E-state index contributed by atoms with van der Waals surface area (Å²) < 4.78 is 11.5. The van der Waals surface area contributed by atoms with Crippen LogP contribution < -0.4 is 0 Å². The molecule has 1 rings (SSSR count). The summed E-state index contributed by atoms with van der Waals surface area (Å²) in [6, 6.07) is 0.